The van der Waals surface area contributed by atoms with Crippen molar-refractivity contribution in [1.29, 1.82) is 0 Å². The lowest BCUT2D eigenvalue weighted by Gasteiger charge is -2.24. The van der Waals surface area contributed by atoms with Crippen LogP contribution in [-0.4, -0.2) is 44.2 Å². The molecule has 1 rings (SSSR count). The zero-order valence-corrected chi connectivity index (χ0v) is 10.0. The van der Waals surface area contributed by atoms with Crippen LogP contribution < -0.4 is 0 Å². The molecule has 0 aromatic carbocycles. The number of carbonyl (C=O) groups is 1. The van der Waals surface area contributed by atoms with E-state index in [1.165, 1.54) is 0 Å². The van der Waals surface area contributed by atoms with Gasteiger partial charge in [-0.15, -0.1) is 0 Å². The molecular weight excluding hydrogens is 208 g/mol. The Morgan fingerprint density at radius 1 is 1.69 bits per heavy atom. The number of hydrogen-bond acceptors (Lipinski definition) is 3. The van der Waals surface area contributed by atoms with Crippen molar-refractivity contribution in [2.45, 2.75) is 13.8 Å². The molecule has 90 valence electrons. The van der Waals surface area contributed by atoms with Gasteiger partial charge in [0.05, 0.1) is 6.61 Å². The van der Waals surface area contributed by atoms with Gasteiger partial charge >= 0.3 is 0 Å². The fourth-order valence-corrected chi connectivity index (χ4v) is 2.06. The van der Waals surface area contributed by atoms with Gasteiger partial charge in [-0.3, -0.25) is 4.79 Å². The van der Waals surface area contributed by atoms with Crippen molar-refractivity contribution in [3.8, 4) is 0 Å². The first-order chi connectivity index (χ1) is 7.51. The van der Waals surface area contributed by atoms with Crippen LogP contribution in [0.25, 0.3) is 10.4 Å². The van der Waals surface area contributed by atoms with Gasteiger partial charge in [-0.1, -0.05) is 19.0 Å². The molecule has 1 heterocycles. The molecule has 0 N–H and O–H groups in total. The molecule has 1 atom stereocenters. The summed E-state index contributed by atoms with van der Waals surface area (Å²) < 4.78 is 5.15. The Balaban J connectivity index is 2.60. The molecule has 1 amide bonds. The highest BCUT2D eigenvalue weighted by Gasteiger charge is 2.40. The number of nitrogens with zero attached hydrogens (tertiary/aromatic N) is 4. The van der Waals surface area contributed by atoms with Crippen LogP contribution in [0, 0.1) is 11.3 Å². The van der Waals surface area contributed by atoms with Gasteiger partial charge < -0.3 is 9.64 Å². The SMILES string of the molecule is COCC1CN(C(=O)CN=[N+]=[N-])CC1(C)C. The van der Waals surface area contributed by atoms with Gasteiger partial charge in [-0.2, -0.15) is 0 Å². The summed E-state index contributed by atoms with van der Waals surface area (Å²) in [6, 6.07) is 0. The minimum absolute atomic E-state index is 0.0576. The molecule has 1 fully saturated rings. The van der Waals surface area contributed by atoms with Crippen LogP contribution in [0.5, 0.6) is 0 Å². The van der Waals surface area contributed by atoms with Crippen LogP contribution in [0.1, 0.15) is 13.8 Å². The molecule has 6 nitrogen and oxygen atoms in total. The zero-order chi connectivity index (χ0) is 12.2. The molecule has 0 aromatic heterocycles. The molecule has 0 saturated carbocycles. The summed E-state index contributed by atoms with van der Waals surface area (Å²) in [7, 11) is 1.67. The summed E-state index contributed by atoms with van der Waals surface area (Å²) in [6.45, 7) is 6.18. The smallest absolute Gasteiger partial charge is 0.228 e. The molecular formula is C10H18N4O2. The van der Waals surface area contributed by atoms with Gasteiger partial charge in [0.2, 0.25) is 5.91 Å². The number of likely N-dealkylation sites (tertiary alicyclic amines) is 1. The van der Waals surface area contributed by atoms with Crippen LogP contribution in [0.3, 0.4) is 0 Å². The number of carbonyl (C=O) groups excluding carboxylic acids is 1. The molecule has 0 aliphatic carbocycles. The number of amides is 1. The lowest BCUT2D eigenvalue weighted by atomic mass is 9.83. The van der Waals surface area contributed by atoms with Gasteiger partial charge in [0, 0.05) is 31.0 Å². The number of rotatable bonds is 4. The number of methoxy groups -OCH3 is 1. The summed E-state index contributed by atoms with van der Waals surface area (Å²) in [5, 5.41) is 3.29. The number of azide groups is 1. The Morgan fingerprint density at radius 3 is 2.94 bits per heavy atom. The fourth-order valence-electron chi connectivity index (χ4n) is 2.06. The fraction of sp³-hybridized carbons (Fsp3) is 0.900. The molecule has 6 heteroatoms. The second-order valence-corrected chi connectivity index (χ2v) is 4.80. The first-order valence-electron chi connectivity index (χ1n) is 5.29. The zero-order valence-electron chi connectivity index (χ0n) is 10.0. The Hall–Kier alpha value is -1.26. The summed E-state index contributed by atoms with van der Waals surface area (Å²) in [6.07, 6.45) is 0. The minimum Gasteiger partial charge on any atom is -0.384 e. The molecule has 0 spiro atoms. The van der Waals surface area contributed by atoms with Crippen LogP contribution in [0.15, 0.2) is 5.11 Å². The first-order valence-corrected chi connectivity index (χ1v) is 5.29. The van der Waals surface area contributed by atoms with Gasteiger partial charge in [-0.25, -0.2) is 0 Å². The van der Waals surface area contributed by atoms with Crippen molar-refractivity contribution in [2.75, 3.05) is 33.4 Å². The maximum absolute atomic E-state index is 11.7. The second kappa shape index (κ2) is 5.18. The third kappa shape index (κ3) is 2.87. The van der Waals surface area contributed by atoms with E-state index in [-0.39, 0.29) is 17.9 Å². The lowest BCUT2D eigenvalue weighted by Crippen LogP contribution is -2.31. The summed E-state index contributed by atoms with van der Waals surface area (Å²) in [5.74, 6) is 0.233. The van der Waals surface area contributed by atoms with Crippen molar-refractivity contribution in [1.82, 2.24) is 4.90 Å². The lowest BCUT2D eigenvalue weighted by molar-refractivity contribution is -0.129. The Morgan fingerprint density at radius 2 is 2.38 bits per heavy atom. The van der Waals surface area contributed by atoms with Crippen molar-refractivity contribution in [3.63, 3.8) is 0 Å². The Bertz CT molecular complexity index is 310. The van der Waals surface area contributed by atoms with Crippen molar-refractivity contribution in [3.05, 3.63) is 10.4 Å². The predicted octanol–water partition coefficient (Wildman–Crippen LogP) is 1.43. The van der Waals surface area contributed by atoms with Crippen LogP contribution in [0.4, 0.5) is 0 Å². The third-order valence-corrected chi connectivity index (χ3v) is 3.13. The molecule has 16 heavy (non-hydrogen) atoms. The van der Waals surface area contributed by atoms with Crippen molar-refractivity contribution in [2.24, 2.45) is 16.4 Å². The number of ether oxygens (including phenoxy) is 1. The van der Waals surface area contributed by atoms with E-state index in [2.05, 4.69) is 23.9 Å². The Labute approximate surface area is 95.2 Å². The van der Waals surface area contributed by atoms with Crippen LogP contribution in [0.2, 0.25) is 0 Å². The number of hydrogen-bond donors (Lipinski definition) is 0. The molecule has 0 radical (unpaired) electrons. The standard InChI is InChI=1S/C10H18N4O2/c1-10(2)7-14(5-8(10)6-16-3)9(15)4-12-13-11/h8H,4-7H2,1-3H3. The van der Waals surface area contributed by atoms with E-state index in [1.807, 2.05) is 0 Å². The third-order valence-electron chi connectivity index (χ3n) is 3.13. The summed E-state index contributed by atoms with van der Waals surface area (Å²) in [4.78, 5) is 16.0. The van der Waals surface area contributed by atoms with Gasteiger partial charge in [-0.05, 0) is 10.9 Å². The van der Waals surface area contributed by atoms with Crippen molar-refractivity contribution >= 4 is 5.91 Å². The quantitative estimate of drug-likeness (QED) is 0.413. The van der Waals surface area contributed by atoms with E-state index < -0.39 is 0 Å². The maximum Gasteiger partial charge on any atom is 0.228 e. The van der Waals surface area contributed by atoms with Crippen LogP contribution >= 0.6 is 0 Å². The van der Waals surface area contributed by atoms with Crippen LogP contribution in [-0.2, 0) is 9.53 Å². The molecule has 1 saturated heterocycles. The first kappa shape index (κ1) is 12.8. The van der Waals surface area contributed by atoms with E-state index >= 15 is 0 Å². The maximum atomic E-state index is 11.7. The average molecular weight is 226 g/mol. The Kier molecular flexibility index (Phi) is 4.15. The second-order valence-electron chi connectivity index (χ2n) is 4.80. The molecule has 0 bridgehead atoms. The molecule has 1 unspecified atom stereocenters. The highest BCUT2D eigenvalue weighted by molar-refractivity contribution is 5.78. The molecule has 1 aliphatic heterocycles. The topological polar surface area (TPSA) is 78.3 Å². The minimum atomic E-state index is -0.107. The highest BCUT2D eigenvalue weighted by Crippen LogP contribution is 2.35. The molecule has 1 aliphatic rings. The monoisotopic (exact) mass is 226 g/mol. The van der Waals surface area contributed by atoms with Gasteiger partial charge in [0.1, 0.15) is 6.54 Å². The summed E-state index contributed by atoms with van der Waals surface area (Å²) >= 11 is 0. The summed E-state index contributed by atoms with van der Waals surface area (Å²) in [5.41, 5.74) is 8.22. The molecule has 0 aromatic rings. The van der Waals surface area contributed by atoms with Crippen molar-refractivity contribution < 1.29 is 9.53 Å². The van der Waals surface area contributed by atoms with E-state index in [1.54, 1.807) is 12.0 Å². The highest BCUT2D eigenvalue weighted by atomic mass is 16.5. The van der Waals surface area contributed by atoms with E-state index in [4.69, 9.17) is 10.3 Å². The average Bonchev–Trinajstić information content (AvgIpc) is 2.52. The van der Waals surface area contributed by atoms with E-state index in [0.29, 0.717) is 25.6 Å². The largest absolute Gasteiger partial charge is 0.384 e. The van der Waals surface area contributed by atoms with E-state index in [9.17, 15) is 4.79 Å². The predicted molar refractivity (Wildman–Crippen MR) is 59.7 cm³/mol. The van der Waals surface area contributed by atoms with E-state index in [0.717, 1.165) is 0 Å². The van der Waals surface area contributed by atoms with Gasteiger partial charge in [0.15, 0.2) is 0 Å². The normalized spacial score (nSPS) is 22.9. The van der Waals surface area contributed by atoms with Gasteiger partial charge in [0.25, 0.3) is 0 Å².